The Morgan fingerprint density at radius 1 is 1.05 bits per heavy atom. The highest BCUT2D eigenvalue weighted by molar-refractivity contribution is 7.90. The maximum atomic E-state index is 13.3. The number of carbonyl (C=O) groups is 1. The Labute approximate surface area is 230 Å². The first-order valence-corrected chi connectivity index (χ1v) is 14.3. The van der Waals surface area contributed by atoms with Gasteiger partial charge in [-0.2, -0.15) is 8.42 Å². The summed E-state index contributed by atoms with van der Waals surface area (Å²) in [5.41, 5.74) is 7.23. The number of amides is 1. The Morgan fingerprint density at radius 2 is 1.76 bits per heavy atom. The summed E-state index contributed by atoms with van der Waals surface area (Å²) in [6, 6.07) is 11.9. The molecule has 0 spiro atoms. The first kappa shape index (κ1) is 27.3. The number of nitrogens with one attached hydrogen (secondary N) is 2. The van der Waals surface area contributed by atoms with E-state index in [2.05, 4.69) is 59.5 Å². The molecule has 1 fully saturated rings. The maximum absolute atomic E-state index is 13.3. The van der Waals surface area contributed by atoms with Crippen LogP contribution in [-0.2, 0) is 10.0 Å². The number of aromatic nitrogens is 3. The predicted octanol–water partition coefficient (Wildman–Crippen LogP) is 5.06. The lowest BCUT2D eigenvalue weighted by Crippen LogP contribution is -2.37. The lowest BCUT2D eigenvalue weighted by molar-refractivity contribution is 0.0981. The van der Waals surface area contributed by atoms with Gasteiger partial charge in [0.15, 0.2) is 5.03 Å². The highest BCUT2D eigenvalue weighted by atomic mass is 32.2. The molecule has 1 aliphatic rings. The smallest absolute Gasteiger partial charge is 0.281 e. The van der Waals surface area contributed by atoms with Gasteiger partial charge in [-0.1, -0.05) is 19.9 Å². The van der Waals surface area contributed by atoms with E-state index in [1.807, 2.05) is 12.1 Å². The third kappa shape index (κ3) is 5.88. The highest BCUT2D eigenvalue weighted by Gasteiger charge is 2.33. The lowest BCUT2D eigenvalue weighted by atomic mass is 10.1. The minimum absolute atomic E-state index is 0. The molecule has 1 amide bonds. The maximum Gasteiger partial charge on any atom is 0.281 e. The van der Waals surface area contributed by atoms with Gasteiger partial charge in [0.1, 0.15) is 17.5 Å². The molecule has 0 unspecified atom stereocenters. The zero-order valence-corrected chi connectivity index (χ0v) is 23.2. The molecule has 0 saturated carbocycles. The van der Waals surface area contributed by atoms with Gasteiger partial charge in [-0.25, -0.2) is 19.7 Å². The number of nitrogens with two attached hydrogens (primary N) is 1. The quantitative estimate of drug-likeness (QED) is 0.354. The topological polar surface area (TPSA) is 143 Å². The van der Waals surface area contributed by atoms with Gasteiger partial charge >= 0.3 is 0 Å². The number of pyridine rings is 3. The minimum Gasteiger partial charge on any atom is -0.384 e. The molecule has 4 rings (SSSR count). The van der Waals surface area contributed by atoms with Crippen LogP contribution >= 0.6 is 0 Å². The number of carbonyl (C=O) groups excluding carboxylic acids is 1. The molecule has 38 heavy (non-hydrogen) atoms. The fourth-order valence-electron chi connectivity index (χ4n) is 4.44. The number of sulfonamides is 1. The molecule has 3 atom stereocenters. The second kappa shape index (κ2) is 10.9. The zero-order chi connectivity index (χ0) is 27.6. The molecule has 4 heterocycles. The summed E-state index contributed by atoms with van der Waals surface area (Å²) < 4.78 is 27.9. The van der Waals surface area contributed by atoms with Crippen molar-refractivity contribution in [2.24, 2.45) is 5.92 Å². The van der Waals surface area contributed by atoms with Gasteiger partial charge in [0.25, 0.3) is 15.9 Å². The van der Waals surface area contributed by atoms with Crippen LogP contribution in [-0.4, -0.2) is 47.4 Å². The van der Waals surface area contributed by atoms with E-state index in [0.717, 1.165) is 24.2 Å². The Kier molecular flexibility index (Phi) is 7.86. The molecule has 0 radical (unpaired) electrons. The molecular weight excluding hydrogens is 502 g/mol. The van der Waals surface area contributed by atoms with E-state index in [9.17, 15) is 13.2 Å². The van der Waals surface area contributed by atoms with E-state index in [4.69, 9.17) is 10.7 Å². The van der Waals surface area contributed by atoms with E-state index >= 15 is 0 Å². The van der Waals surface area contributed by atoms with Crippen LogP contribution in [0.25, 0.3) is 11.3 Å². The molecular formula is C27H43N7O3S. The van der Waals surface area contributed by atoms with Crippen molar-refractivity contribution in [2.75, 3.05) is 16.0 Å². The van der Waals surface area contributed by atoms with Crippen LogP contribution < -0.4 is 20.7 Å². The summed E-state index contributed by atoms with van der Waals surface area (Å²) in [7, 11) is -4.23. The van der Waals surface area contributed by atoms with Crippen molar-refractivity contribution in [3.63, 3.8) is 0 Å². The zero-order valence-electron chi connectivity index (χ0n) is 22.3. The van der Waals surface area contributed by atoms with Gasteiger partial charge in [-0.05, 0) is 75.9 Å². The van der Waals surface area contributed by atoms with Crippen LogP contribution in [0.1, 0.15) is 63.5 Å². The summed E-state index contributed by atoms with van der Waals surface area (Å²) in [6.07, 6.45) is 3.62. The van der Waals surface area contributed by atoms with E-state index in [1.165, 1.54) is 18.2 Å². The SMILES string of the molecule is CC(C)[C@@H](C)Nc1ccc(-c2ccc(C(=O)NS(=O)(=O)c3cccc(N)n3)c(N3[C@H](C)CC[C@@H]3C)n2)cn1.[HH].[HH].[HH].[HH]. The Morgan fingerprint density at radius 3 is 2.37 bits per heavy atom. The van der Waals surface area contributed by atoms with Crippen molar-refractivity contribution in [3.05, 3.63) is 54.2 Å². The van der Waals surface area contributed by atoms with Crippen LogP contribution in [0.15, 0.2) is 53.7 Å². The molecule has 1 saturated heterocycles. The van der Waals surface area contributed by atoms with Gasteiger partial charge in [-0.15, -0.1) is 0 Å². The molecule has 0 bridgehead atoms. The van der Waals surface area contributed by atoms with Crippen molar-refractivity contribution in [1.29, 1.82) is 0 Å². The molecule has 10 nitrogen and oxygen atoms in total. The third-order valence-corrected chi connectivity index (χ3v) is 8.23. The Bertz CT molecular complexity index is 1420. The second-order valence-corrected chi connectivity index (χ2v) is 11.8. The van der Waals surface area contributed by atoms with Gasteiger partial charge < -0.3 is 16.0 Å². The van der Waals surface area contributed by atoms with E-state index in [1.54, 1.807) is 18.3 Å². The average Bonchev–Trinajstić information content (AvgIpc) is 3.21. The summed E-state index contributed by atoms with van der Waals surface area (Å²) in [5.74, 6) is 0.926. The number of nitrogens with zero attached hydrogens (tertiary/aromatic N) is 4. The standard InChI is InChI=1S/C27H35N7O3S.4H2/c1-16(2)19(5)30-24-14-11-20(15-29-24)22-13-12-21(26(31-22)34-17(3)9-10-18(34)4)27(35)33-38(36,37)25-8-6-7-23(28)32-25;;;;/h6-8,11-19H,9-10H2,1-5H3,(H2,28,32)(H,29,30)(H,33,35);4*1H/t17-,18+,19-;;;;/m1..../s1. The van der Waals surface area contributed by atoms with E-state index in [-0.39, 0.29) is 40.2 Å². The van der Waals surface area contributed by atoms with Crippen molar-refractivity contribution in [1.82, 2.24) is 19.7 Å². The van der Waals surface area contributed by atoms with Gasteiger partial charge in [0.05, 0.1) is 11.3 Å². The fraction of sp³-hybridized carbons (Fsp3) is 0.407. The van der Waals surface area contributed by atoms with Crippen LogP contribution in [0.2, 0.25) is 0 Å². The predicted molar refractivity (Wildman–Crippen MR) is 158 cm³/mol. The van der Waals surface area contributed by atoms with Crippen molar-refractivity contribution in [3.8, 4) is 11.3 Å². The second-order valence-electron chi connectivity index (χ2n) is 10.2. The highest BCUT2D eigenvalue weighted by Crippen LogP contribution is 2.33. The number of anilines is 3. The fourth-order valence-corrected chi connectivity index (χ4v) is 5.38. The molecule has 210 valence electrons. The van der Waals surface area contributed by atoms with Gasteiger partial charge in [-0.3, -0.25) is 4.79 Å². The number of hydrogen-bond donors (Lipinski definition) is 3. The Hall–Kier alpha value is -3.73. The van der Waals surface area contributed by atoms with Crippen LogP contribution in [0, 0.1) is 5.92 Å². The number of nitrogen functional groups attached to an aromatic ring is 1. The normalized spacial score (nSPS) is 18.4. The monoisotopic (exact) mass is 545 g/mol. The van der Waals surface area contributed by atoms with Gasteiger partial charge in [0, 0.05) is 35.6 Å². The molecule has 4 N–H and O–H groups in total. The van der Waals surface area contributed by atoms with Crippen molar-refractivity contribution >= 4 is 33.4 Å². The summed E-state index contributed by atoms with van der Waals surface area (Å²) in [4.78, 5) is 28.6. The van der Waals surface area contributed by atoms with Crippen LogP contribution in [0.4, 0.5) is 17.5 Å². The molecule has 0 aliphatic carbocycles. The van der Waals surface area contributed by atoms with Crippen LogP contribution in [0.5, 0.6) is 0 Å². The molecule has 3 aromatic rings. The summed E-state index contributed by atoms with van der Waals surface area (Å²) in [5, 5.41) is 3.06. The summed E-state index contributed by atoms with van der Waals surface area (Å²) >= 11 is 0. The van der Waals surface area contributed by atoms with Crippen molar-refractivity contribution < 1.29 is 18.9 Å². The van der Waals surface area contributed by atoms with E-state index in [0.29, 0.717) is 17.4 Å². The largest absolute Gasteiger partial charge is 0.384 e. The minimum atomic E-state index is -4.23. The van der Waals surface area contributed by atoms with Gasteiger partial charge in [0.2, 0.25) is 0 Å². The number of rotatable bonds is 8. The molecule has 11 heteroatoms. The lowest BCUT2D eigenvalue weighted by Gasteiger charge is -2.29. The average molecular weight is 546 g/mol. The first-order chi connectivity index (χ1) is 18.0. The van der Waals surface area contributed by atoms with E-state index < -0.39 is 15.9 Å². The Balaban J connectivity index is 0.00000420. The molecule has 3 aromatic heterocycles. The molecule has 1 aliphatic heterocycles. The third-order valence-electron chi connectivity index (χ3n) is 7.00. The van der Waals surface area contributed by atoms with Crippen LogP contribution in [0.3, 0.4) is 0 Å². The summed E-state index contributed by atoms with van der Waals surface area (Å²) in [6.45, 7) is 10.5. The molecule has 0 aromatic carbocycles. The van der Waals surface area contributed by atoms with Crippen molar-refractivity contribution in [2.45, 2.75) is 70.6 Å². The first-order valence-electron chi connectivity index (χ1n) is 12.8. The number of hydrogen-bond acceptors (Lipinski definition) is 9.